The van der Waals surface area contributed by atoms with E-state index in [4.69, 9.17) is 5.11 Å². The summed E-state index contributed by atoms with van der Waals surface area (Å²) in [5.41, 5.74) is 2.89. The third-order valence-corrected chi connectivity index (χ3v) is 4.27. The fraction of sp³-hybridized carbons (Fsp3) is 0. The molecule has 1 aliphatic heterocycles. The van der Waals surface area contributed by atoms with Gasteiger partial charge in [0.1, 0.15) is 11.3 Å². The number of carbonyl (C=O) groups excluding carboxylic acids is 2. The smallest absolute Gasteiger partial charge is 0.335 e. The summed E-state index contributed by atoms with van der Waals surface area (Å²) in [6.45, 7) is 0. The number of phenols is 1. The average molecular weight is 450 g/mol. The van der Waals surface area contributed by atoms with Crippen LogP contribution in [0.15, 0.2) is 48.0 Å². The second-order valence-corrected chi connectivity index (χ2v) is 6.44. The number of hydrogen-bond acceptors (Lipinski definition) is 4. The molecule has 2 aromatic carbocycles. The van der Waals surface area contributed by atoms with Crippen LogP contribution in [-0.2, 0) is 9.59 Å². The Kier molecular flexibility index (Phi) is 4.45. The van der Waals surface area contributed by atoms with Crippen molar-refractivity contribution in [2.45, 2.75) is 0 Å². The van der Waals surface area contributed by atoms with Gasteiger partial charge in [0.2, 0.25) is 0 Å². The lowest BCUT2D eigenvalue weighted by Crippen LogP contribution is -2.35. The lowest BCUT2D eigenvalue weighted by Gasteiger charge is -2.14. The summed E-state index contributed by atoms with van der Waals surface area (Å²) in [5, 5.41) is 19.9. The molecule has 126 valence electrons. The Morgan fingerprint density at radius 3 is 2.40 bits per heavy atom. The number of carboxylic acids is 1. The third kappa shape index (κ3) is 3.33. The lowest BCUT2D eigenvalue weighted by molar-refractivity contribution is -0.117. The molecule has 3 rings (SSSR count). The Bertz CT molecular complexity index is 921. The van der Waals surface area contributed by atoms with Crippen LogP contribution in [0.3, 0.4) is 0 Å². The highest BCUT2D eigenvalue weighted by Gasteiger charge is 2.34. The van der Waals surface area contributed by atoms with Crippen LogP contribution in [0.5, 0.6) is 5.75 Å². The molecule has 0 bridgehead atoms. The van der Waals surface area contributed by atoms with Crippen molar-refractivity contribution in [3.05, 3.63) is 62.7 Å². The van der Waals surface area contributed by atoms with E-state index < -0.39 is 17.8 Å². The summed E-state index contributed by atoms with van der Waals surface area (Å²) >= 11 is 2.13. The van der Waals surface area contributed by atoms with E-state index in [1.165, 1.54) is 18.2 Å². The average Bonchev–Trinajstić information content (AvgIpc) is 2.85. The number of hydrogen-bond donors (Lipinski definition) is 3. The number of carbonyl (C=O) groups is 3. The number of halogens is 1. The summed E-state index contributed by atoms with van der Waals surface area (Å²) in [6.07, 6.45) is 1.23. The van der Waals surface area contributed by atoms with Gasteiger partial charge < -0.3 is 10.2 Å². The standard InChI is InChI=1S/C17H11IN2O5/c18-11-3-5-12(6-4-11)20-16(23)13(15(22)19-20)7-9-1-2-10(17(24)25)8-14(9)21/h1-8,21H,(H,19,22)(H,24,25)/b13-7-. The van der Waals surface area contributed by atoms with Crippen LogP contribution in [0.1, 0.15) is 15.9 Å². The molecule has 1 fully saturated rings. The number of aromatic carboxylic acids is 1. The third-order valence-electron chi connectivity index (χ3n) is 3.55. The van der Waals surface area contributed by atoms with Crippen molar-refractivity contribution in [1.82, 2.24) is 5.43 Å². The molecule has 0 radical (unpaired) electrons. The van der Waals surface area contributed by atoms with Crippen LogP contribution in [0.25, 0.3) is 6.08 Å². The van der Waals surface area contributed by atoms with Gasteiger partial charge in [0.05, 0.1) is 11.3 Å². The fourth-order valence-corrected chi connectivity index (χ4v) is 2.64. The maximum Gasteiger partial charge on any atom is 0.335 e. The minimum Gasteiger partial charge on any atom is -0.507 e. The number of phenolic OH excluding ortho intramolecular Hbond substituents is 1. The number of carboxylic acid groups (broad SMARTS) is 1. The second kappa shape index (κ2) is 6.55. The highest BCUT2D eigenvalue weighted by Crippen LogP contribution is 2.26. The number of anilines is 1. The van der Waals surface area contributed by atoms with E-state index >= 15 is 0 Å². The van der Waals surface area contributed by atoms with Gasteiger partial charge in [-0.3, -0.25) is 15.0 Å². The zero-order valence-electron chi connectivity index (χ0n) is 12.6. The van der Waals surface area contributed by atoms with E-state index in [9.17, 15) is 19.5 Å². The normalized spacial score (nSPS) is 15.6. The SMILES string of the molecule is O=C1NN(c2ccc(I)cc2)C(=O)/C1=C\c1ccc(C(=O)O)cc1O. The molecule has 3 N–H and O–H groups in total. The molecule has 7 nitrogen and oxygen atoms in total. The highest BCUT2D eigenvalue weighted by atomic mass is 127. The van der Waals surface area contributed by atoms with Gasteiger partial charge in [-0.15, -0.1) is 0 Å². The Hall–Kier alpha value is -2.88. The summed E-state index contributed by atoms with van der Waals surface area (Å²) in [6, 6.07) is 10.7. The molecule has 1 heterocycles. The van der Waals surface area contributed by atoms with Crippen molar-refractivity contribution >= 4 is 52.1 Å². The molecular formula is C17H11IN2O5. The zero-order valence-corrected chi connectivity index (χ0v) is 14.7. The molecule has 2 aromatic rings. The van der Waals surface area contributed by atoms with Crippen molar-refractivity contribution in [2.75, 3.05) is 5.01 Å². The predicted molar refractivity (Wildman–Crippen MR) is 97.8 cm³/mol. The van der Waals surface area contributed by atoms with Crippen molar-refractivity contribution in [3.8, 4) is 5.75 Å². The number of amides is 2. The first-order valence-corrected chi connectivity index (χ1v) is 8.13. The Morgan fingerprint density at radius 2 is 1.80 bits per heavy atom. The molecule has 0 aliphatic carbocycles. The summed E-state index contributed by atoms with van der Waals surface area (Å²) in [7, 11) is 0. The van der Waals surface area contributed by atoms with Gasteiger partial charge in [0.25, 0.3) is 11.8 Å². The molecule has 0 atom stereocenters. The molecule has 25 heavy (non-hydrogen) atoms. The predicted octanol–water partition coefficient (Wildman–Crippen LogP) is 2.16. The van der Waals surface area contributed by atoms with E-state index in [0.717, 1.165) is 14.6 Å². The van der Waals surface area contributed by atoms with Crippen molar-refractivity contribution in [1.29, 1.82) is 0 Å². The quantitative estimate of drug-likeness (QED) is 0.378. The fourth-order valence-electron chi connectivity index (χ4n) is 2.28. The van der Waals surface area contributed by atoms with Crippen LogP contribution < -0.4 is 10.4 Å². The molecule has 0 spiro atoms. The van der Waals surface area contributed by atoms with Gasteiger partial charge in [-0.05, 0) is 65.1 Å². The highest BCUT2D eigenvalue weighted by molar-refractivity contribution is 14.1. The molecule has 1 saturated heterocycles. The largest absolute Gasteiger partial charge is 0.507 e. The number of benzene rings is 2. The van der Waals surface area contributed by atoms with E-state index in [1.54, 1.807) is 24.3 Å². The molecule has 1 aliphatic rings. The van der Waals surface area contributed by atoms with Crippen LogP contribution in [0.2, 0.25) is 0 Å². The Balaban J connectivity index is 1.93. The van der Waals surface area contributed by atoms with Crippen molar-refractivity contribution in [3.63, 3.8) is 0 Å². The first-order chi connectivity index (χ1) is 11.9. The minimum absolute atomic E-state index is 0.0950. The summed E-state index contributed by atoms with van der Waals surface area (Å²) in [5.74, 6) is -2.69. The first kappa shape index (κ1) is 17.0. The minimum atomic E-state index is -1.19. The van der Waals surface area contributed by atoms with Gasteiger partial charge in [-0.1, -0.05) is 6.07 Å². The maximum atomic E-state index is 12.5. The number of hydrazine groups is 1. The zero-order chi connectivity index (χ0) is 18.1. The van der Waals surface area contributed by atoms with Gasteiger partial charge in [0, 0.05) is 9.13 Å². The van der Waals surface area contributed by atoms with Gasteiger partial charge in [0.15, 0.2) is 0 Å². The molecule has 2 amide bonds. The van der Waals surface area contributed by atoms with Crippen LogP contribution >= 0.6 is 22.6 Å². The van der Waals surface area contributed by atoms with Crippen molar-refractivity contribution in [2.24, 2.45) is 0 Å². The van der Waals surface area contributed by atoms with Crippen LogP contribution in [-0.4, -0.2) is 28.0 Å². The van der Waals surface area contributed by atoms with E-state index in [0.29, 0.717) is 5.69 Å². The van der Waals surface area contributed by atoms with E-state index in [-0.39, 0.29) is 22.4 Å². The lowest BCUT2D eigenvalue weighted by atomic mass is 10.1. The number of nitrogens with one attached hydrogen (secondary N) is 1. The van der Waals surface area contributed by atoms with Gasteiger partial charge >= 0.3 is 5.97 Å². The monoisotopic (exact) mass is 450 g/mol. The summed E-state index contributed by atoms with van der Waals surface area (Å²) in [4.78, 5) is 35.5. The molecule has 0 unspecified atom stereocenters. The second-order valence-electron chi connectivity index (χ2n) is 5.19. The Labute approximate surface area is 155 Å². The van der Waals surface area contributed by atoms with Crippen LogP contribution in [0.4, 0.5) is 5.69 Å². The first-order valence-electron chi connectivity index (χ1n) is 7.06. The Morgan fingerprint density at radius 1 is 1.12 bits per heavy atom. The topological polar surface area (TPSA) is 107 Å². The summed E-state index contributed by atoms with van der Waals surface area (Å²) < 4.78 is 0.985. The molecule has 0 saturated carbocycles. The number of aromatic hydroxyl groups is 1. The molecule has 0 aromatic heterocycles. The van der Waals surface area contributed by atoms with E-state index in [1.807, 2.05) is 0 Å². The molecular weight excluding hydrogens is 439 g/mol. The molecule has 8 heteroatoms. The van der Waals surface area contributed by atoms with E-state index in [2.05, 4.69) is 28.0 Å². The van der Waals surface area contributed by atoms with Gasteiger partial charge in [-0.2, -0.15) is 0 Å². The maximum absolute atomic E-state index is 12.5. The van der Waals surface area contributed by atoms with Gasteiger partial charge in [-0.25, -0.2) is 9.80 Å². The van der Waals surface area contributed by atoms with Crippen LogP contribution in [0, 0.1) is 3.57 Å². The number of rotatable bonds is 3. The number of nitrogens with zero attached hydrogens (tertiary/aromatic N) is 1. The van der Waals surface area contributed by atoms with Crippen molar-refractivity contribution < 1.29 is 24.6 Å².